The molecule has 0 saturated carbocycles. The van der Waals surface area contributed by atoms with Crippen LogP contribution in [-0.4, -0.2) is 43.4 Å². The van der Waals surface area contributed by atoms with Crippen LogP contribution >= 0.6 is 0 Å². The number of carbonyl (C=O) groups is 2. The van der Waals surface area contributed by atoms with E-state index < -0.39 is 5.97 Å². The van der Waals surface area contributed by atoms with Crippen molar-refractivity contribution in [1.82, 2.24) is 4.90 Å². The van der Waals surface area contributed by atoms with Gasteiger partial charge in [-0.2, -0.15) is 5.26 Å². The second-order valence-electron chi connectivity index (χ2n) is 3.75. The normalized spacial score (nSPS) is 11.9. The first kappa shape index (κ1) is 14.6. The number of hydrogen-bond acceptors (Lipinski definition) is 5. The van der Waals surface area contributed by atoms with E-state index in [2.05, 4.69) is 10.8 Å². The lowest BCUT2D eigenvalue weighted by molar-refractivity contribution is -0.145. The lowest BCUT2D eigenvalue weighted by atomic mass is 10.2. The Morgan fingerprint density at radius 1 is 1.50 bits per heavy atom. The molecule has 0 aliphatic carbocycles. The highest BCUT2D eigenvalue weighted by molar-refractivity contribution is 5.96. The molecular formula is C11H18N2O3. The van der Waals surface area contributed by atoms with Gasteiger partial charge in [-0.25, -0.2) is 0 Å². The molecule has 1 unspecified atom stereocenters. The number of ketones is 1. The van der Waals surface area contributed by atoms with Crippen molar-refractivity contribution in [2.75, 3.05) is 26.7 Å². The van der Waals surface area contributed by atoms with Crippen LogP contribution in [0.3, 0.4) is 0 Å². The van der Waals surface area contributed by atoms with Crippen molar-refractivity contribution >= 4 is 11.8 Å². The molecule has 0 aromatic heterocycles. The molecule has 0 aromatic carbocycles. The van der Waals surface area contributed by atoms with Gasteiger partial charge in [-0.3, -0.25) is 14.5 Å². The van der Waals surface area contributed by atoms with Gasteiger partial charge in [-0.1, -0.05) is 0 Å². The smallest absolute Gasteiger partial charge is 0.313 e. The fraction of sp³-hybridized carbons (Fsp3) is 0.727. The average Bonchev–Trinajstić information content (AvgIpc) is 2.16. The Hall–Kier alpha value is -1.41. The van der Waals surface area contributed by atoms with Gasteiger partial charge >= 0.3 is 5.97 Å². The predicted octanol–water partition coefficient (Wildman–Crippen LogP) is 0.600. The molecule has 0 amide bonds. The highest BCUT2D eigenvalue weighted by atomic mass is 16.5. The zero-order chi connectivity index (χ0) is 12.6. The van der Waals surface area contributed by atoms with Crippen molar-refractivity contribution in [3.05, 3.63) is 0 Å². The molecule has 0 aliphatic heterocycles. The number of rotatable bonds is 7. The van der Waals surface area contributed by atoms with Crippen molar-refractivity contribution in [2.45, 2.75) is 20.3 Å². The molecule has 0 radical (unpaired) electrons. The van der Waals surface area contributed by atoms with Gasteiger partial charge in [0.2, 0.25) is 0 Å². The minimum Gasteiger partial charge on any atom is -0.466 e. The van der Waals surface area contributed by atoms with E-state index in [0.29, 0.717) is 6.54 Å². The van der Waals surface area contributed by atoms with E-state index in [4.69, 9.17) is 5.26 Å². The second kappa shape index (κ2) is 7.83. The molecular weight excluding hydrogens is 208 g/mol. The third kappa shape index (κ3) is 6.96. The lowest BCUT2D eigenvalue weighted by Gasteiger charge is -2.16. The summed E-state index contributed by atoms with van der Waals surface area (Å²) in [7, 11) is 1.75. The molecule has 5 heteroatoms. The van der Waals surface area contributed by atoms with Crippen LogP contribution in [0.5, 0.6) is 0 Å². The fourth-order valence-corrected chi connectivity index (χ4v) is 1.30. The van der Waals surface area contributed by atoms with Crippen molar-refractivity contribution < 1.29 is 14.3 Å². The molecule has 0 saturated heterocycles. The molecule has 0 aromatic rings. The van der Waals surface area contributed by atoms with Gasteiger partial charge in [0.1, 0.15) is 6.42 Å². The summed E-state index contributed by atoms with van der Waals surface area (Å²) in [6.07, 6.45) is -0.195. The maximum atomic E-state index is 11.4. The van der Waals surface area contributed by atoms with Crippen LogP contribution in [0, 0.1) is 17.2 Å². The van der Waals surface area contributed by atoms with Gasteiger partial charge in [0, 0.05) is 6.54 Å². The number of ether oxygens (including phenoxy) is 1. The van der Waals surface area contributed by atoms with Crippen LogP contribution in [0.4, 0.5) is 0 Å². The maximum Gasteiger partial charge on any atom is 0.313 e. The summed E-state index contributed by atoms with van der Waals surface area (Å²) in [5.41, 5.74) is 0. The first-order valence-electron chi connectivity index (χ1n) is 5.25. The summed E-state index contributed by atoms with van der Waals surface area (Å²) in [6.45, 7) is 4.46. The molecule has 0 fully saturated rings. The molecule has 90 valence electrons. The zero-order valence-corrected chi connectivity index (χ0v) is 10.0. The Balaban J connectivity index is 3.87. The van der Waals surface area contributed by atoms with Crippen LogP contribution in [0.25, 0.3) is 0 Å². The van der Waals surface area contributed by atoms with Gasteiger partial charge in [-0.05, 0) is 20.9 Å². The number of carbonyl (C=O) groups excluding carboxylic acids is 2. The summed E-state index contributed by atoms with van der Waals surface area (Å²) >= 11 is 0. The van der Waals surface area contributed by atoms with Crippen molar-refractivity contribution in [3.8, 4) is 6.07 Å². The Bertz CT molecular complexity index is 283. The molecule has 1 atom stereocenters. The molecule has 0 bridgehead atoms. The van der Waals surface area contributed by atoms with Gasteiger partial charge in [0.25, 0.3) is 0 Å². The van der Waals surface area contributed by atoms with E-state index >= 15 is 0 Å². The Kier molecular flexibility index (Phi) is 7.14. The first-order valence-corrected chi connectivity index (χ1v) is 5.25. The Labute approximate surface area is 96.0 Å². The number of hydrogen-bond donors (Lipinski definition) is 0. The van der Waals surface area contributed by atoms with Gasteiger partial charge in [-0.15, -0.1) is 0 Å². The minimum absolute atomic E-state index is 0.125. The summed E-state index contributed by atoms with van der Waals surface area (Å²) in [5.74, 6) is -0.805. The fourth-order valence-electron chi connectivity index (χ4n) is 1.30. The third-order valence-corrected chi connectivity index (χ3v) is 1.90. The summed E-state index contributed by atoms with van der Waals surface area (Å²) in [5, 5.41) is 8.60. The first-order chi connectivity index (χ1) is 7.49. The monoisotopic (exact) mass is 226 g/mol. The number of Topliss-reactive ketones (excluding diaryl/α,β-unsaturated/α-hetero) is 1. The Morgan fingerprint density at radius 3 is 2.62 bits per heavy atom. The van der Waals surface area contributed by atoms with Crippen molar-refractivity contribution in [2.24, 2.45) is 5.92 Å². The van der Waals surface area contributed by atoms with E-state index in [9.17, 15) is 9.59 Å². The minimum atomic E-state index is -0.491. The number of nitrogens with zero attached hydrogens (tertiary/aromatic N) is 2. The van der Waals surface area contributed by atoms with E-state index in [1.54, 1.807) is 25.8 Å². The number of likely N-dealkylation sites (N-methyl/N-ethyl adjacent to an activating group) is 1. The quantitative estimate of drug-likeness (QED) is 0.469. The van der Waals surface area contributed by atoms with Crippen LogP contribution in [0.15, 0.2) is 0 Å². The second-order valence-corrected chi connectivity index (χ2v) is 3.75. The van der Waals surface area contributed by atoms with E-state index in [1.165, 1.54) is 0 Å². The highest BCUT2D eigenvalue weighted by Crippen LogP contribution is 1.97. The molecule has 0 heterocycles. The number of nitriles is 1. The highest BCUT2D eigenvalue weighted by Gasteiger charge is 2.13. The summed E-state index contributed by atoms with van der Waals surface area (Å²) in [6, 6.07) is 2.09. The topological polar surface area (TPSA) is 70.4 Å². The maximum absolute atomic E-state index is 11.4. The molecule has 0 aliphatic rings. The third-order valence-electron chi connectivity index (χ3n) is 1.90. The SMILES string of the molecule is CCOC(=O)CC(=O)CN(C)CC(C)C#N. The predicted molar refractivity (Wildman–Crippen MR) is 58.5 cm³/mol. The summed E-state index contributed by atoms with van der Waals surface area (Å²) < 4.78 is 4.67. The Morgan fingerprint density at radius 2 is 2.12 bits per heavy atom. The van der Waals surface area contributed by atoms with Crippen LogP contribution in [0.1, 0.15) is 20.3 Å². The standard InChI is InChI=1S/C11H18N2O3/c1-4-16-11(15)5-10(14)8-13(3)7-9(2)6-12/h9H,4-5,7-8H2,1-3H3. The number of esters is 1. The molecule has 0 N–H and O–H groups in total. The zero-order valence-electron chi connectivity index (χ0n) is 10.0. The average molecular weight is 226 g/mol. The van der Waals surface area contributed by atoms with Crippen LogP contribution in [0.2, 0.25) is 0 Å². The molecule has 0 spiro atoms. The van der Waals surface area contributed by atoms with Gasteiger partial charge < -0.3 is 4.74 Å². The van der Waals surface area contributed by atoms with E-state index in [1.807, 2.05) is 0 Å². The largest absolute Gasteiger partial charge is 0.466 e. The van der Waals surface area contributed by atoms with Crippen LogP contribution in [-0.2, 0) is 14.3 Å². The molecule has 0 rings (SSSR count). The van der Waals surface area contributed by atoms with Crippen LogP contribution < -0.4 is 0 Å². The molecule has 5 nitrogen and oxygen atoms in total. The van der Waals surface area contributed by atoms with Crippen molar-refractivity contribution in [1.29, 1.82) is 5.26 Å². The molecule has 16 heavy (non-hydrogen) atoms. The van der Waals surface area contributed by atoms with Crippen molar-refractivity contribution in [3.63, 3.8) is 0 Å². The van der Waals surface area contributed by atoms with Gasteiger partial charge in [0.15, 0.2) is 5.78 Å². The van der Waals surface area contributed by atoms with Gasteiger partial charge in [0.05, 0.1) is 25.1 Å². The van der Waals surface area contributed by atoms with E-state index in [-0.39, 0.29) is 31.3 Å². The summed E-state index contributed by atoms with van der Waals surface area (Å²) in [4.78, 5) is 24.1. The van der Waals surface area contributed by atoms with E-state index in [0.717, 1.165) is 0 Å². The lowest BCUT2D eigenvalue weighted by Crippen LogP contribution is -2.30.